The zero-order chi connectivity index (χ0) is 25.1. The molecule has 4 saturated carbocycles. The normalized spacial score (nSPS) is 54.1. The van der Waals surface area contributed by atoms with Crippen LogP contribution in [0.1, 0.15) is 106 Å². The van der Waals surface area contributed by atoms with Gasteiger partial charge in [0, 0.05) is 5.92 Å². The summed E-state index contributed by atoms with van der Waals surface area (Å²) in [5.41, 5.74) is 0.142. The van der Waals surface area contributed by atoms with E-state index in [1.54, 1.807) is 0 Å². The zero-order valence-corrected chi connectivity index (χ0v) is 22.5. The van der Waals surface area contributed by atoms with Crippen molar-refractivity contribution in [3.63, 3.8) is 0 Å². The molecule has 0 aromatic heterocycles. The molecule has 0 aromatic carbocycles. The minimum absolute atomic E-state index is 0.0296. The van der Waals surface area contributed by atoms with Gasteiger partial charge in [-0.05, 0) is 110 Å². The first kappa shape index (κ1) is 24.5. The van der Waals surface area contributed by atoms with Gasteiger partial charge < -0.3 is 10.2 Å². The molecule has 34 heavy (non-hydrogen) atoms. The van der Waals surface area contributed by atoms with E-state index in [1.807, 2.05) is 13.0 Å². The van der Waals surface area contributed by atoms with Crippen LogP contribution in [-0.2, 0) is 9.59 Å². The Bertz CT molecular complexity index is 965. The monoisotopic (exact) mass is 470 g/mol. The van der Waals surface area contributed by atoms with Crippen molar-refractivity contribution in [3.05, 3.63) is 11.6 Å². The second-order valence-electron chi connectivity index (χ2n) is 14.9. The SMILES string of the molecule is CC1(C)[C@@H](O)CC[C@@]2(C)[C@H]1CC[C@]1(C)[C@H]2C(=O)C=C2[C@@H]3C[C@@](C)(C(=O)O)CC[C@]3(C)CC[C@]21C. The van der Waals surface area contributed by atoms with Gasteiger partial charge in [0.25, 0.3) is 0 Å². The third kappa shape index (κ3) is 2.81. The number of fused-ring (bicyclic) bond motifs is 7. The predicted octanol–water partition coefficient (Wildman–Crippen LogP) is 6.41. The van der Waals surface area contributed by atoms with Crippen molar-refractivity contribution in [2.24, 2.45) is 50.2 Å². The number of aliphatic hydroxyl groups excluding tert-OH is 1. The summed E-state index contributed by atoms with van der Waals surface area (Å²) < 4.78 is 0. The summed E-state index contributed by atoms with van der Waals surface area (Å²) in [6, 6.07) is 0. The number of carboxylic acids is 1. The molecule has 190 valence electrons. The van der Waals surface area contributed by atoms with Crippen LogP contribution in [0, 0.1) is 50.2 Å². The van der Waals surface area contributed by atoms with E-state index >= 15 is 0 Å². The molecule has 0 aliphatic heterocycles. The summed E-state index contributed by atoms with van der Waals surface area (Å²) in [6.45, 7) is 15.8. The lowest BCUT2D eigenvalue weighted by atomic mass is 9.33. The standard InChI is InChI=1S/C30H46O4/c1-25(2)21-8-11-30(7)23(28(21,5)10-9-22(25)32)20(31)16-18-19-17-27(4,24(33)34)13-12-26(19,3)14-15-29(18,30)6/h16,19,21-23,32H,8-15,17H2,1-7H3,(H,33,34)/t19-,21-,22-,23-,26+,27-,28-,29+,30+/m0/s1. The summed E-state index contributed by atoms with van der Waals surface area (Å²) in [6.07, 6.45) is 9.95. The van der Waals surface area contributed by atoms with Crippen LogP contribution in [0.25, 0.3) is 0 Å². The highest BCUT2D eigenvalue weighted by Gasteiger charge is 2.70. The molecule has 0 spiro atoms. The van der Waals surface area contributed by atoms with Gasteiger partial charge in [0.1, 0.15) is 0 Å². The van der Waals surface area contributed by atoms with Crippen molar-refractivity contribution in [1.29, 1.82) is 0 Å². The molecule has 4 heteroatoms. The summed E-state index contributed by atoms with van der Waals surface area (Å²) in [4.78, 5) is 26.4. The molecule has 4 fully saturated rings. The van der Waals surface area contributed by atoms with E-state index in [2.05, 4.69) is 41.5 Å². The summed E-state index contributed by atoms with van der Waals surface area (Å²) in [5, 5.41) is 20.9. The van der Waals surface area contributed by atoms with Gasteiger partial charge in [-0.2, -0.15) is 0 Å². The molecule has 5 aliphatic rings. The van der Waals surface area contributed by atoms with Gasteiger partial charge in [-0.15, -0.1) is 0 Å². The van der Waals surface area contributed by atoms with Crippen LogP contribution in [0.5, 0.6) is 0 Å². The molecule has 0 aromatic rings. The molecule has 5 aliphatic carbocycles. The van der Waals surface area contributed by atoms with Crippen molar-refractivity contribution < 1.29 is 19.8 Å². The van der Waals surface area contributed by atoms with Crippen LogP contribution in [0.3, 0.4) is 0 Å². The first-order valence-corrected chi connectivity index (χ1v) is 13.7. The molecule has 9 atom stereocenters. The number of hydrogen-bond acceptors (Lipinski definition) is 3. The van der Waals surface area contributed by atoms with Gasteiger partial charge in [-0.1, -0.05) is 47.1 Å². The molecule has 0 amide bonds. The quantitative estimate of drug-likeness (QED) is 0.464. The molecule has 2 N–H and O–H groups in total. The Morgan fingerprint density at radius 3 is 2.21 bits per heavy atom. The molecule has 0 radical (unpaired) electrons. The minimum atomic E-state index is -0.711. The Kier molecular flexibility index (Phi) is 5.04. The van der Waals surface area contributed by atoms with Gasteiger partial charge in [0.2, 0.25) is 0 Å². The van der Waals surface area contributed by atoms with Gasteiger partial charge in [-0.25, -0.2) is 0 Å². The summed E-state index contributed by atoms with van der Waals surface area (Å²) in [7, 11) is 0. The largest absolute Gasteiger partial charge is 0.481 e. The van der Waals surface area contributed by atoms with Gasteiger partial charge in [0.15, 0.2) is 5.78 Å². The van der Waals surface area contributed by atoms with Crippen molar-refractivity contribution >= 4 is 11.8 Å². The Balaban J connectivity index is 1.62. The predicted molar refractivity (Wildman–Crippen MR) is 133 cm³/mol. The van der Waals surface area contributed by atoms with E-state index in [-0.39, 0.29) is 50.8 Å². The second-order valence-corrected chi connectivity index (χ2v) is 14.9. The molecule has 0 heterocycles. The van der Waals surface area contributed by atoms with Gasteiger partial charge in [-0.3, -0.25) is 9.59 Å². The Hall–Kier alpha value is -1.16. The molecular weight excluding hydrogens is 424 g/mol. The van der Waals surface area contributed by atoms with E-state index < -0.39 is 11.4 Å². The fourth-order valence-electron chi connectivity index (χ4n) is 10.4. The number of carbonyl (C=O) groups excluding carboxylic acids is 1. The van der Waals surface area contributed by atoms with Crippen molar-refractivity contribution in [2.45, 2.75) is 112 Å². The van der Waals surface area contributed by atoms with Gasteiger partial charge in [0.05, 0.1) is 11.5 Å². The maximum atomic E-state index is 14.2. The summed E-state index contributed by atoms with van der Waals surface area (Å²) in [5.74, 6) is 0.0603. The summed E-state index contributed by atoms with van der Waals surface area (Å²) >= 11 is 0. The first-order valence-electron chi connectivity index (χ1n) is 13.7. The Labute approximate surface area is 206 Å². The fraction of sp³-hybridized carbons (Fsp3) is 0.867. The molecule has 0 unspecified atom stereocenters. The Morgan fingerprint density at radius 2 is 1.56 bits per heavy atom. The highest BCUT2D eigenvalue weighted by atomic mass is 16.4. The topological polar surface area (TPSA) is 74.6 Å². The lowest BCUT2D eigenvalue weighted by molar-refractivity contribution is -0.202. The number of ketones is 1. The lowest BCUT2D eigenvalue weighted by Gasteiger charge is -2.70. The number of aliphatic hydroxyl groups is 1. The minimum Gasteiger partial charge on any atom is -0.481 e. The van der Waals surface area contributed by atoms with Crippen LogP contribution in [-0.4, -0.2) is 28.1 Å². The second kappa shape index (κ2) is 6.99. The van der Waals surface area contributed by atoms with Crippen molar-refractivity contribution in [2.75, 3.05) is 0 Å². The smallest absolute Gasteiger partial charge is 0.309 e. The zero-order valence-electron chi connectivity index (χ0n) is 22.5. The van der Waals surface area contributed by atoms with Crippen LogP contribution in [0.4, 0.5) is 0 Å². The average Bonchev–Trinajstić information content (AvgIpc) is 2.73. The number of carbonyl (C=O) groups is 2. The maximum absolute atomic E-state index is 14.2. The first-order chi connectivity index (χ1) is 15.6. The van der Waals surface area contributed by atoms with E-state index in [0.29, 0.717) is 12.3 Å². The van der Waals surface area contributed by atoms with Crippen LogP contribution < -0.4 is 0 Å². The van der Waals surface area contributed by atoms with Crippen LogP contribution in [0.15, 0.2) is 11.6 Å². The Morgan fingerprint density at radius 1 is 0.912 bits per heavy atom. The third-order valence-electron chi connectivity index (χ3n) is 13.1. The third-order valence-corrected chi connectivity index (χ3v) is 13.1. The number of allylic oxidation sites excluding steroid dienone is 2. The maximum Gasteiger partial charge on any atom is 0.309 e. The molecule has 5 rings (SSSR count). The molecule has 4 nitrogen and oxygen atoms in total. The highest BCUT2D eigenvalue weighted by molar-refractivity contribution is 5.95. The lowest BCUT2D eigenvalue weighted by Crippen LogP contribution is -2.66. The van der Waals surface area contributed by atoms with E-state index in [9.17, 15) is 19.8 Å². The highest BCUT2D eigenvalue weighted by Crippen LogP contribution is 2.75. The number of rotatable bonds is 1. The molecule has 0 saturated heterocycles. The van der Waals surface area contributed by atoms with Crippen molar-refractivity contribution in [1.82, 2.24) is 0 Å². The number of hydrogen-bond donors (Lipinski definition) is 2. The number of carboxylic acid groups (broad SMARTS) is 1. The van der Waals surface area contributed by atoms with E-state index in [1.165, 1.54) is 5.57 Å². The van der Waals surface area contributed by atoms with Crippen molar-refractivity contribution in [3.8, 4) is 0 Å². The van der Waals surface area contributed by atoms with Crippen LogP contribution >= 0.6 is 0 Å². The van der Waals surface area contributed by atoms with E-state index in [0.717, 1.165) is 51.4 Å². The fourth-order valence-corrected chi connectivity index (χ4v) is 10.4. The molecule has 0 bridgehead atoms. The van der Waals surface area contributed by atoms with E-state index in [4.69, 9.17) is 0 Å². The average molecular weight is 471 g/mol. The van der Waals surface area contributed by atoms with Crippen LogP contribution in [0.2, 0.25) is 0 Å². The van der Waals surface area contributed by atoms with Gasteiger partial charge >= 0.3 is 5.97 Å². The molecular formula is C30H46O4. The number of aliphatic carboxylic acids is 1.